The van der Waals surface area contributed by atoms with Crippen molar-refractivity contribution in [3.8, 4) is 0 Å². The van der Waals surface area contributed by atoms with Crippen molar-refractivity contribution in [1.29, 1.82) is 0 Å². The highest BCUT2D eigenvalue weighted by molar-refractivity contribution is 5.32. The molecule has 3 heteroatoms. The van der Waals surface area contributed by atoms with Gasteiger partial charge in [-0.3, -0.25) is 4.68 Å². The third-order valence-corrected chi connectivity index (χ3v) is 3.40. The van der Waals surface area contributed by atoms with Gasteiger partial charge in [-0.25, -0.2) is 0 Å². The first kappa shape index (κ1) is 9.71. The Kier molecular flexibility index (Phi) is 1.96. The summed E-state index contributed by atoms with van der Waals surface area (Å²) in [6.45, 7) is 9.95. The van der Waals surface area contributed by atoms with E-state index >= 15 is 0 Å². The lowest BCUT2D eigenvalue weighted by Gasteiger charge is -2.46. The molecular formula is C11H19N3. The molecule has 2 heterocycles. The van der Waals surface area contributed by atoms with Crippen LogP contribution in [-0.2, 0) is 7.05 Å². The average Bonchev–Trinajstić information content (AvgIpc) is 2.31. The first-order chi connectivity index (χ1) is 6.43. The SMILES string of the molecule is Cc1nn(C)c(C)c1C1NCC1(C)C. The fraction of sp³-hybridized carbons (Fsp3) is 0.727. The molecule has 0 bridgehead atoms. The van der Waals surface area contributed by atoms with E-state index in [4.69, 9.17) is 0 Å². The zero-order chi connectivity index (χ0) is 10.5. The predicted molar refractivity (Wildman–Crippen MR) is 57.2 cm³/mol. The third-order valence-electron chi connectivity index (χ3n) is 3.40. The van der Waals surface area contributed by atoms with Crippen LogP contribution in [-0.4, -0.2) is 16.3 Å². The van der Waals surface area contributed by atoms with Crippen LogP contribution in [0, 0.1) is 19.3 Å². The minimum atomic E-state index is 0.374. The highest BCUT2D eigenvalue weighted by Gasteiger charge is 2.41. The summed E-state index contributed by atoms with van der Waals surface area (Å²) in [6.07, 6.45) is 0. The van der Waals surface area contributed by atoms with E-state index in [1.165, 1.54) is 11.3 Å². The lowest BCUT2D eigenvalue weighted by atomic mass is 9.73. The molecule has 3 nitrogen and oxygen atoms in total. The highest BCUT2D eigenvalue weighted by Crippen LogP contribution is 2.42. The number of hydrogen-bond acceptors (Lipinski definition) is 2. The van der Waals surface area contributed by atoms with E-state index in [0.717, 1.165) is 12.2 Å². The van der Waals surface area contributed by atoms with Crippen molar-refractivity contribution in [3.05, 3.63) is 17.0 Å². The van der Waals surface area contributed by atoms with Crippen LogP contribution >= 0.6 is 0 Å². The van der Waals surface area contributed by atoms with Gasteiger partial charge in [0.05, 0.1) is 5.69 Å². The maximum atomic E-state index is 4.46. The highest BCUT2D eigenvalue weighted by atomic mass is 15.3. The molecule has 1 atom stereocenters. The van der Waals surface area contributed by atoms with Gasteiger partial charge in [0, 0.05) is 30.9 Å². The van der Waals surface area contributed by atoms with Crippen LogP contribution in [0.5, 0.6) is 0 Å². The summed E-state index contributed by atoms with van der Waals surface area (Å²) in [4.78, 5) is 0. The number of nitrogens with zero attached hydrogens (tertiary/aromatic N) is 2. The van der Waals surface area contributed by atoms with E-state index in [9.17, 15) is 0 Å². The zero-order valence-electron chi connectivity index (χ0n) is 9.68. The Balaban J connectivity index is 2.42. The molecule has 1 fully saturated rings. The van der Waals surface area contributed by atoms with E-state index in [-0.39, 0.29) is 0 Å². The minimum Gasteiger partial charge on any atom is -0.309 e. The largest absolute Gasteiger partial charge is 0.309 e. The van der Waals surface area contributed by atoms with Crippen molar-refractivity contribution in [1.82, 2.24) is 15.1 Å². The summed E-state index contributed by atoms with van der Waals surface area (Å²) in [5.74, 6) is 0. The maximum absolute atomic E-state index is 4.46. The fourth-order valence-electron chi connectivity index (χ4n) is 2.31. The van der Waals surface area contributed by atoms with Crippen LogP contribution in [0.25, 0.3) is 0 Å². The third kappa shape index (κ3) is 1.19. The van der Waals surface area contributed by atoms with Crippen LogP contribution < -0.4 is 5.32 Å². The molecule has 2 rings (SSSR count). The van der Waals surface area contributed by atoms with Crippen molar-refractivity contribution in [3.63, 3.8) is 0 Å². The Bertz CT molecular complexity index is 363. The van der Waals surface area contributed by atoms with E-state index in [1.54, 1.807) is 0 Å². The molecule has 0 radical (unpaired) electrons. The summed E-state index contributed by atoms with van der Waals surface area (Å²) in [6, 6.07) is 0.483. The molecule has 0 aliphatic carbocycles. The average molecular weight is 193 g/mol. The molecule has 0 saturated carbocycles. The maximum Gasteiger partial charge on any atom is 0.0644 e. The Morgan fingerprint density at radius 3 is 2.36 bits per heavy atom. The van der Waals surface area contributed by atoms with Crippen molar-refractivity contribution < 1.29 is 0 Å². The van der Waals surface area contributed by atoms with Gasteiger partial charge in [0.2, 0.25) is 0 Å². The van der Waals surface area contributed by atoms with Gasteiger partial charge < -0.3 is 5.32 Å². The molecule has 0 spiro atoms. The second-order valence-corrected chi connectivity index (χ2v) is 5.01. The molecule has 1 aliphatic rings. The minimum absolute atomic E-state index is 0.374. The fourth-order valence-corrected chi connectivity index (χ4v) is 2.31. The van der Waals surface area contributed by atoms with Crippen LogP contribution in [0.2, 0.25) is 0 Å². The monoisotopic (exact) mass is 193 g/mol. The van der Waals surface area contributed by atoms with E-state index < -0.39 is 0 Å². The molecule has 0 amide bonds. The molecule has 1 aliphatic heterocycles. The standard InChI is InChI=1S/C11H19N3/c1-7-9(8(2)14(5)13-7)10-11(3,4)6-12-10/h10,12H,6H2,1-5H3. The van der Waals surface area contributed by atoms with Crippen molar-refractivity contribution in [2.75, 3.05) is 6.54 Å². The zero-order valence-corrected chi connectivity index (χ0v) is 9.68. The summed E-state index contributed by atoms with van der Waals surface area (Å²) >= 11 is 0. The number of rotatable bonds is 1. The summed E-state index contributed by atoms with van der Waals surface area (Å²) in [7, 11) is 2.01. The van der Waals surface area contributed by atoms with E-state index in [1.807, 2.05) is 11.7 Å². The first-order valence-electron chi connectivity index (χ1n) is 5.17. The second kappa shape index (κ2) is 2.83. The van der Waals surface area contributed by atoms with Crippen LogP contribution in [0.3, 0.4) is 0 Å². The molecule has 0 aromatic carbocycles. The molecule has 78 valence electrons. The lowest BCUT2D eigenvalue weighted by Crippen LogP contribution is -2.52. The smallest absolute Gasteiger partial charge is 0.0644 e. The van der Waals surface area contributed by atoms with Gasteiger partial charge in [0.1, 0.15) is 0 Å². The predicted octanol–water partition coefficient (Wildman–Crippen LogP) is 1.71. The van der Waals surface area contributed by atoms with Crippen LogP contribution in [0.4, 0.5) is 0 Å². The van der Waals surface area contributed by atoms with Gasteiger partial charge >= 0.3 is 0 Å². The Morgan fingerprint density at radius 2 is 2.07 bits per heavy atom. The van der Waals surface area contributed by atoms with Gasteiger partial charge in [-0.05, 0) is 19.3 Å². The quantitative estimate of drug-likeness (QED) is 0.736. The Labute approximate surface area is 85.5 Å². The molecule has 1 saturated heterocycles. The molecule has 1 unspecified atom stereocenters. The number of hydrogen-bond donors (Lipinski definition) is 1. The van der Waals surface area contributed by atoms with Crippen molar-refractivity contribution in [2.24, 2.45) is 12.5 Å². The summed E-state index contributed by atoms with van der Waals surface area (Å²) < 4.78 is 1.97. The molecule has 14 heavy (non-hydrogen) atoms. The summed E-state index contributed by atoms with van der Waals surface area (Å²) in [5.41, 5.74) is 4.21. The second-order valence-electron chi connectivity index (χ2n) is 5.01. The van der Waals surface area contributed by atoms with E-state index in [0.29, 0.717) is 11.5 Å². The van der Waals surface area contributed by atoms with Gasteiger partial charge in [-0.15, -0.1) is 0 Å². The number of nitrogens with one attached hydrogen (secondary N) is 1. The number of aromatic nitrogens is 2. The first-order valence-corrected chi connectivity index (χ1v) is 5.17. The molecule has 1 N–H and O–H groups in total. The normalized spacial score (nSPS) is 24.8. The summed E-state index contributed by atoms with van der Waals surface area (Å²) in [5, 5.41) is 7.95. The Hall–Kier alpha value is -0.830. The topological polar surface area (TPSA) is 29.9 Å². The van der Waals surface area contributed by atoms with Crippen LogP contribution in [0.15, 0.2) is 0 Å². The van der Waals surface area contributed by atoms with Crippen LogP contribution in [0.1, 0.15) is 36.8 Å². The molecular weight excluding hydrogens is 174 g/mol. The van der Waals surface area contributed by atoms with Gasteiger partial charge in [-0.2, -0.15) is 5.10 Å². The van der Waals surface area contributed by atoms with Gasteiger partial charge in [0.25, 0.3) is 0 Å². The Morgan fingerprint density at radius 1 is 1.43 bits per heavy atom. The van der Waals surface area contributed by atoms with Crippen molar-refractivity contribution in [2.45, 2.75) is 33.7 Å². The molecule has 1 aromatic heterocycles. The van der Waals surface area contributed by atoms with Gasteiger partial charge in [0.15, 0.2) is 0 Å². The molecule has 1 aromatic rings. The van der Waals surface area contributed by atoms with Crippen molar-refractivity contribution >= 4 is 0 Å². The van der Waals surface area contributed by atoms with E-state index in [2.05, 4.69) is 38.1 Å². The van der Waals surface area contributed by atoms with Gasteiger partial charge in [-0.1, -0.05) is 13.8 Å². The number of aryl methyl sites for hydroxylation is 2. The lowest BCUT2D eigenvalue weighted by molar-refractivity contribution is 0.127.